The molecule has 1 fully saturated rings. The van der Waals surface area contributed by atoms with E-state index in [2.05, 4.69) is 0 Å². The van der Waals surface area contributed by atoms with Crippen molar-refractivity contribution in [1.29, 1.82) is 0 Å². The summed E-state index contributed by atoms with van der Waals surface area (Å²) in [6.07, 6.45) is 1.00. The molecule has 0 aromatic heterocycles. The fourth-order valence-electron chi connectivity index (χ4n) is 2.82. The lowest BCUT2D eigenvalue weighted by Crippen LogP contribution is -2.46. The molecule has 0 spiro atoms. The van der Waals surface area contributed by atoms with Gasteiger partial charge in [0, 0.05) is 25.2 Å². The number of ether oxygens (including phenoxy) is 1. The first kappa shape index (κ1) is 18.6. The number of piperidine rings is 1. The summed E-state index contributed by atoms with van der Waals surface area (Å²) in [5.41, 5.74) is 0. The highest BCUT2D eigenvalue weighted by atomic mass is 32.2. The van der Waals surface area contributed by atoms with E-state index in [0.717, 1.165) is 6.07 Å². The van der Waals surface area contributed by atoms with Gasteiger partial charge in [-0.2, -0.15) is 4.31 Å². The first-order valence-corrected chi connectivity index (χ1v) is 8.95. The molecule has 1 aliphatic rings. The van der Waals surface area contributed by atoms with Crippen LogP contribution in [0.2, 0.25) is 0 Å². The van der Waals surface area contributed by atoms with Crippen LogP contribution in [0, 0.1) is 5.82 Å². The standard InChI is InChI=1S/C15H21FN2O5S/c1-17(10-15(19)20)11-5-7-18(8-6-11)24(21,22)14-4-3-12(23-2)9-13(14)16/h3-4,9,11H,5-8,10H2,1-2H3,(H,19,20). The van der Waals surface area contributed by atoms with E-state index in [1.807, 2.05) is 0 Å². The topological polar surface area (TPSA) is 87.2 Å². The summed E-state index contributed by atoms with van der Waals surface area (Å²) in [5.74, 6) is -1.52. The van der Waals surface area contributed by atoms with E-state index in [-0.39, 0.29) is 36.3 Å². The molecule has 1 saturated heterocycles. The molecular formula is C15H21FN2O5S. The molecule has 1 aromatic carbocycles. The zero-order chi connectivity index (χ0) is 17.9. The van der Waals surface area contributed by atoms with Gasteiger partial charge in [0.2, 0.25) is 10.0 Å². The Morgan fingerprint density at radius 1 is 1.42 bits per heavy atom. The second kappa shape index (κ2) is 7.45. The van der Waals surface area contributed by atoms with Gasteiger partial charge in [-0.05, 0) is 32.0 Å². The maximum absolute atomic E-state index is 14.1. The minimum Gasteiger partial charge on any atom is -0.497 e. The van der Waals surface area contributed by atoms with Crippen LogP contribution in [0.15, 0.2) is 23.1 Å². The number of benzene rings is 1. The minimum atomic E-state index is -3.92. The fourth-order valence-corrected chi connectivity index (χ4v) is 4.34. The van der Waals surface area contributed by atoms with Gasteiger partial charge in [0.25, 0.3) is 0 Å². The molecule has 2 rings (SSSR count). The van der Waals surface area contributed by atoms with Crippen molar-refractivity contribution in [2.45, 2.75) is 23.8 Å². The Balaban J connectivity index is 2.09. The van der Waals surface area contributed by atoms with E-state index < -0.39 is 21.8 Å². The normalized spacial score (nSPS) is 17.2. The molecule has 0 aliphatic carbocycles. The van der Waals surface area contributed by atoms with Crippen molar-refractivity contribution in [3.63, 3.8) is 0 Å². The average Bonchev–Trinajstić information content (AvgIpc) is 2.53. The predicted octanol–water partition coefficient (Wildman–Crippen LogP) is 1.00. The number of carboxylic acids is 1. The maximum atomic E-state index is 14.1. The molecule has 0 atom stereocenters. The number of aliphatic carboxylic acids is 1. The number of rotatable bonds is 6. The van der Waals surface area contributed by atoms with Crippen molar-refractivity contribution in [2.24, 2.45) is 0 Å². The largest absolute Gasteiger partial charge is 0.497 e. The Kier molecular flexibility index (Phi) is 5.79. The summed E-state index contributed by atoms with van der Waals surface area (Å²) in [7, 11) is -0.845. The molecule has 134 valence electrons. The molecule has 0 unspecified atom stereocenters. The van der Waals surface area contributed by atoms with Gasteiger partial charge in [-0.1, -0.05) is 0 Å². The van der Waals surface area contributed by atoms with Crippen molar-refractivity contribution >= 4 is 16.0 Å². The van der Waals surface area contributed by atoms with E-state index in [9.17, 15) is 17.6 Å². The van der Waals surface area contributed by atoms with Gasteiger partial charge in [0.15, 0.2) is 0 Å². The third kappa shape index (κ3) is 4.03. The molecule has 1 aromatic rings. The molecular weight excluding hydrogens is 339 g/mol. The Bertz CT molecular complexity index is 702. The second-order valence-corrected chi connectivity index (χ2v) is 7.65. The minimum absolute atomic E-state index is 0.00624. The van der Waals surface area contributed by atoms with E-state index in [4.69, 9.17) is 9.84 Å². The zero-order valence-electron chi connectivity index (χ0n) is 13.6. The molecule has 1 aliphatic heterocycles. The number of hydrogen-bond donors (Lipinski definition) is 1. The number of methoxy groups -OCH3 is 1. The molecule has 7 nitrogen and oxygen atoms in total. The van der Waals surface area contributed by atoms with E-state index in [0.29, 0.717) is 12.8 Å². The van der Waals surface area contributed by atoms with E-state index in [1.165, 1.54) is 23.5 Å². The highest BCUT2D eigenvalue weighted by molar-refractivity contribution is 7.89. The number of hydrogen-bond acceptors (Lipinski definition) is 5. The third-order valence-electron chi connectivity index (χ3n) is 4.19. The maximum Gasteiger partial charge on any atom is 0.317 e. The second-order valence-electron chi connectivity index (χ2n) is 5.74. The Morgan fingerprint density at radius 2 is 2.04 bits per heavy atom. The molecule has 9 heteroatoms. The lowest BCUT2D eigenvalue weighted by Gasteiger charge is -2.35. The number of carbonyl (C=O) groups is 1. The smallest absolute Gasteiger partial charge is 0.317 e. The van der Waals surface area contributed by atoms with Gasteiger partial charge < -0.3 is 9.84 Å². The quantitative estimate of drug-likeness (QED) is 0.815. The molecule has 24 heavy (non-hydrogen) atoms. The molecule has 0 saturated carbocycles. The van der Waals surface area contributed by atoms with Crippen LogP contribution in [0.1, 0.15) is 12.8 Å². The first-order valence-electron chi connectivity index (χ1n) is 7.51. The molecule has 0 bridgehead atoms. The first-order chi connectivity index (χ1) is 11.3. The van der Waals surface area contributed by atoms with Crippen LogP contribution in [-0.2, 0) is 14.8 Å². The Labute approximate surface area is 140 Å². The molecule has 1 heterocycles. The monoisotopic (exact) mass is 360 g/mol. The Morgan fingerprint density at radius 3 is 2.54 bits per heavy atom. The summed E-state index contributed by atoms with van der Waals surface area (Å²) >= 11 is 0. The lowest BCUT2D eigenvalue weighted by atomic mass is 10.1. The summed E-state index contributed by atoms with van der Waals surface area (Å²) in [5, 5.41) is 8.82. The molecule has 0 amide bonds. The predicted molar refractivity (Wildman–Crippen MR) is 85.0 cm³/mol. The van der Waals surface area contributed by atoms with E-state index >= 15 is 0 Å². The van der Waals surface area contributed by atoms with Gasteiger partial charge in [-0.3, -0.25) is 9.69 Å². The van der Waals surface area contributed by atoms with Crippen molar-refractivity contribution < 1.29 is 27.4 Å². The highest BCUT2D eigenvalue weighted by Crippen LogP contribution is 2.26. The summed E-state index contributed by atoms with van der Waals surface area (Å²) in [4.78, 5) is 12.1. The number of sulfonamides is 1. The van der Waals surface area contributed by atoms with Gasteiger partial charge >= 0.3 is 5.97 Å². The van der Waals surface area contributed by atoms with Crippen molar-refractivity contribution in [1.82, 2.24) is 9.21 Å². The van der Waals surface area contributed by atoms with Gasteiger partial charge in [0.05, 0.1) is 13.7 Å². The summed E-state index contributed by atoms with van der Waals surface area (Å²) in [6.45, 7) is 0.357. The van der Waals surface area contributed by atoms with Gasteiger partial charge in [0.1, 0.15) is 16.5 Å². The van der Waals surface area contributed by atoms with Crippen molar-refractivity contribution in [3.8, 4) is 5.75 Å². The zero-order valence-corrected chi connectivity index (χ0v) is 14.4. The van der Waals surface area contributed by atoms with Crippen LogP contribution in [-0.4, -0.2) is 68.5 Å². The third-order valence-corrected chi connectivity index (χ3v) is 6.12. The number of likely N-dealkylation sites (N-methyl/N-ethyl adjacent to an activating group) is 1. The van der Waals surface area contributed by atoms with Crippen LogP contribution in [0.5, 0.6) is 5.75 Å². The Hall–Kier alpha value is -1.71. The summed E-state index contributed by atoms with van der Waals surface area (Å²) in [6, 6.07) is 3.64. The number of nitrogens with zero attached hydrogens (tertiary/aromatic N) is 2. The van der Waals surface area contributed by atoms with E-state index in [1.54, 1.807) is 11.9 Å². The lowest BCUT2D eigenvalue weighted by molar-refractivity contribution is -0.138. The van der Waals surface area contributed by atoms with Crippen molar-refractivity contribution in [3.05, 3.63) is 24.0 Å². The number of halogens is 1. The fraction of sp³-hybridized carbons (Fsp3) is 0.533. The molecule has 0 radical (unpaired) electrons. The van der Waals surface area contributed by atoms with Gasteiger partial charge in [-0.25, -0.2) is 12.8 Å². The summed E-state index contributed by atoms with van der Waals surface area (Å²) < 4.78 is 45.4. The van der Waals surface area contributed by atoms with Crippen molar-refractivity contribution in [2.75, 3.05) is 33.8 Å². The SMILES string of the molecule is COc1ccc(S(=O)(=O)N2CCC(N(C)CC(=O)O)CC2)c(F)c1. The average molecular weight is 360 g/mol. The molecule has 1 N–H and O–H groups in total. The number of carboxylic acid groups (broad SMARTS) is 1. The van der Waals surface area contributed by atoms with Crippen LogP contribution in [0.4, 0.5) is 4.39 Å². The van der Waals surface area contributed by atoms with Gasteiger partial charge in [-0.15, -0.1) is 0 Å². The van der Waals surface area contributed by atoms with Crippen LogP contribution in [0.3, 0.4) is 0 Å². The van der Waals surface area contributed by atoms with Crippen LogP contribution >= 0.6 is 0 Å². The highest BCUT2D eigenvalue weighted by Gasteiger charge is 2.32. The van der Waals surface area contributed by atoms with Crippen LogP contribution < -0.4 is 4.74 Å². The van der Waals surface area contributed by atoms with Crippen LogP contribution in [0.25, 0.3) is 0 Å².